The molecule has 0 N–H and O–H groups in total. The number of carbonyl (C=O) groups is 1. The van der Waals surface area contributed by atoms with E-state index in [4.69, 9.17) is 21.1 Å². The van der Waals surface area contributed by atoms with Crippen molar-refractivity contribution in [2.24, 2.45) is 0 Å². The molecule has 1 aromatic rings. The van der Waals surface area contributed by atoms with Gasteiger partial charge in [-0.05, 0) is 69.3 Å². The number of morpholine rings is 1. The van der Waals surface area contributed by atoms with E-state index in [1.807, 2.05) is 11.8 Å². The monoisotopic (exact) mass is 539 g/mol. The van der Waals surface area contributed by atoms with Gasteiger partial charge in [0.05, 0.1) is 24.2 Å². The van der Waals surface area contributed by atoms with Crippen LogP contribution < -0.4 is 0 Å². The highest BCUT2D eigenvalue weighted by molar-refractivity contribution is 7.89. The highest BCUT2D eigenvalue weighted by Crippen LogP contribution is 2.48. The van der Waals surface area contributed by atoms with E-state index in [1.165, 1.54) is 0 Å². The Bertz CT molecular complexity index is 1030. The molecule has 1 saturated carbocycles. The van der Waals surface area contributed by atoms with Crippen molar-refractivity contribution in [3.8, 4) is 0 Å². The quantitative estimate of drug-likeness (QED) is 0.494. The van der Waals surface area contributed by atoms with Gasteiger partial charge in [0.2, 0.25) is 10.0 Å². The van der Waals surface area contributed by atoms with E-state index >= 15 is 0 Å². The van der Waals surface area contributed by atoms with Crippen molar-refractivity contribution in [1.82, 2.24) is 14.1 Å². The molecule has 200 valence electrons. The minimum Gasteiger partial charge on any atom is -0.441 e. The molecule has 0 radical (unpaired) electrons. The molecule has 2 bridgehead atoms. The first kappa shape index (κ1) is 26.2. The number of halogens is 1. The molecular weight excluding hydrogens is 502 g/mol. The Morgan fingerprint density at radius 1 is 1.08 bits per heavy atom. The van der Waals surface area contributed by atoms with Crippen molar-refractivity contribution in [3.63, 3.8) is 0 Å². The number of nitrogens with zero attached hydrogens (tertiary/aromatic N) is 3. The summed E-state index contributed by atoms with van der Waals surface area (Å²) in [5.41, 5.74) is -0.845. The summed E-state index contributed by atoms with van der Waals surface area (Å²) in [6.45, 7) is 7.21. The van der Waals surface area contributed by atoms with Gasteiger partial charge in [0.25, 0.3) is 0 Å². The number of sulfonamides is 1. The third-order valence-electron chi connectivity index (χ3n) is 8.28. The standard InChI is InChI=1S/C26H38ClN3O5S/c1-3-5-22-17-34-18-24(30(22)36(32,33)23-10-6-19(27)7-11-23)26(12-13-26)35-25(31)28-15-20-8-9-21(16-28)29(20)14-4-2/h6-7,10-11,20-22,24H,3-5,8-9,12-18H2,1-2H3/t20?,21?,22-,24-/m1/s1. The van der Waals surface area contributed by atoms with Crippen LogP contribution in [0.4, 0.5) is 4.79 Å². The molecule has 36 heavy (non-hydrogen) atoms. The molecule has 4 aliphatic rings. The number of hydrogen-bond donors (Lipinski definition) is 0. The van der Waals surface area contributed by atoms with Gasteiger partial charge in [-0.2, -0.15) is 4.31 Å². The number of fused-ring (bicyclic) bond motifs is 2. The third-order valence-corrected chi connectivity index (χ3v) is 10.5. The fourth-order valence-electron chi connectivity index (χ4n) is 6.36. The van der Waals surface area contributed by atoms with Crippen molar-refractivity contribution in [2.75, 3.05) is 32.8 Å². The fourth-order valence-corrected chi connectivity index (χ4v) is 8.36. The van der Waals surface area contributed by atoms with E-state index in [9.17, 15) is 13.2 Å². The van der Waals surface area contributed by atoms with Crippen molar-refractivity contribution in [2.45, 2.75) is 93.5 Å². The van der Waals surface area contributed by atoms with E-state index in [-0.39, 0.29) is 23.6 Å². The van der Waals surface area contributed by atoms with E-state index in [1.54, 1.807) is 28.6 Å². The van der Waals surface area contributed by atoms with Gasteiger partial charge >= 0.3 is 6.09 Å². The number of amides is 1. The number of carbonyl (C=O) groups excluding carboxylic acids is 1. The maximum absolute atomic E-state index is 13.9. The number of piperazine rings is 1. The van der Waals surface area contributed by atoms with Gasteiger partial charge in [-0.3, -0.25) is 4.90 Å². The molecule has 3 heterocycles. The maximum atomic E-state index is 13.9. The smallest absolute Gasteiger partial charge is 0.410 e. The van der Waals surface area contributed by atoms with Crippen LogP contribution in [0.2, 0.25) is 5.02 Å². The highest BCUT2D eigenvalue weighted by atomic mass is 35.5. The summed E-state index contributed by atoms with van der Waals surface area (Å²) >= 11 is 6.03. The summed E-state index contributed by atoms with van der Waals surface area (Å²) in [7, 11) is -3.84. The molecular formula is C26H38ClN3O5S. The Balaban J connectivity index is 1.37. The molecule has 4 atom stereocenters. The zero-order chi connectivity index (χ0) is 25.5. The van der Waals surface area contributed by atoms with Crippen LogP contribution in [0.25, 0.3) is 0 Å². The van der Waals surface area contributed by atoms with Crippen molar-refractivity contribution >= 4 is 27.7 Å². The summed E-state index contributed by atoms with van der Waals surface area (Å²) in [5.74, 6) is 0. The Morgan fingerprint density at radius 2 is 1.75 bits per heavy atom. The molecule has 4 fully saturated rings. The number of benzene rings is 1. The van der Waals surface area contributed by atoms with Gasteiger partial charge in [-0.1, -0.05) is 31.9 Å². The lowest BCUT2D eigenvalue weighted by Gasteiger charge is -2.45. The molecule has 0 aromatic heterocycles. The van der Waals surface area contributed by atoms with Crippen LogP contribution in [0, 0.1) is 0 Å². The van der Waals surface area contributed by atoms with Gasteiger partial charge < -0.3 is 14.4 Å². The molecule has 1 amide bonds. The lowest BCUT2D eigenvalue weighted by Crippen LogP contribution is -2.61. The minimum absolute atomic E-state index is 0.200. The van der Waals surface area contributed by atoms with Crippen LogP contribution in [0.3, 0.4) is 0 Å². The van der Waals surface area contributed by atoms with Gasteiger partial charge in [0.1, 0.15) is 5.60 Å². The second kappa shape index (κ2) is 10.4. The van der Waals surface area contributed by atoms with Crippen LogP contribution in [-0.2, 0) is 19.5 Å². The Kier molecular flexibility index (Phi) is 7.58. The van der Waals surface area contributed by atoms with Crippen LogP contribution in [0.5, 0.6) is 0 Å². The SMILES string of the molecule is CCC[C@@H]1COC[C@H](C2(OC(=O)N3CC4CCC(C3)N4CCC)CC2)N1S(=O)(=O)c1ccc(Cl)cc1. The van der Waals surface area contributed by atoms with E-state index in [0.29, 0.717) is 56.1 Å². The summed E-state index contributed by atoms with van der Waals surface area (Å²) in [6.07, 6.45) is 5.80. The molecule has 1 aromatic carbocycles. The van der Waals surface area contributed by atoms with Crippen molar-refractivity contribution in [3.05, 3.63) is 29.3 Å². The molecule has 10 heteroatoms. The number of hydrogen-bond acceptors (Lipinski definition) is 6. The van der Waals surface area contributed by atoms with Crippen molar-refractivity contribution < 1.29 is 22.7 Å². The topological polar surface area (TPSA) is 79.4 Å². The minimum atomic E-state index is -3.84. The van der Waals surface area contributed by atoms with Crippen LogP contribution >= 0.6 is 11.6 Å². The zero-order valence-electron chi connectivity index (χ0n) is 21.3. The largest absolute Gasteiger partial charge is 0.441 e. The van der Waals surface area contributed by atoms with Gasteiger partial charge in [0.15, 0.2) is 0 Å². The second-order valence-corrected chi connectivity index (χ2v) is 13.0. The predicted octanol–water partition coefficient (Wildman–Crippen LogP) is 4.13. The van der Waals surface area contributed by atoms with Gasteiger partial charge in [-0.15, -0.1) is 0 Å². The zero-order valence-corrected chi connectivity index (χ0v) is 22.8. The molecule has 8 nitrogen and oxygen atoms in total. The molecule has 3 aliphatic heterocycles. The first-order valence-corrected chi connectivity index (χ1v) is 15.2. The van der Waals surface area contributed by atoms with Crippen molar-refractivity contribution in [1.29, 1.82) is 0 Å². The first-order valence-electron chi connectivity index (χ1n) is 13.4. The molecule has 1 aliphatic carbocycles. The molecule has 2 unspecified atom stereocenters. The average Bonchev–Trinajstić information content (AvgIpc) is 3.60. The Hall–Kier alpha value is -1.39. The lowest BCUT2D eigenvalue weighted by atomic mass is 10.0. The average molecular weight is 540 g/mol. The second-order valence-electron chi connectivity index (χ2n) is 10.7. The predicted molar refractivity (Wildman–Crippen MR) is 138 cm³/mol. The number of ether oxygens (including phenoxy) is 2. The summed E-state index contributed by atoms with van der Waals surface area (Å²) in [4.78, 5) is 18.0. The number of likely N-dealkylation sites (tertiary alicyclic amines) is 1. The molecule has 0 spiro atoms. The van der Waals surface area contributed by atoms with E-state index in [0.717, 1.165) is 32.2 Å². The molecule has 3 saturated heterocycles. The maximum Gasteiger partial charge on any atom is 0.410 e. The van der Waals surface area contributed by atoms with Gasteiger partial charge in [-0.25, -0.2) is 13.2 Å². The third kappa shape index (κ3) is 4.89. The van der Waals surface area contributed by atoms with Gasteiger partial charge in [0, 0.05) is 36.2 Å². The van der Waals surface area contributed by atoms with Crippen LogP contribution in [-0.4, -0.2) is 91.2 Å². The summed E-state index contributed by atoms with van der Waals surface area (Å²) < 4.78 is 41.6. The molecule has 5 rings (SSSR count). The first-order chi connectivity index (χ1) is 17.3. The van der Waals surface area contributed by atoms with E-state index in [2.05, 4.69) is 11.8 Å². The highest BCUT2D eigenvalue weighted by Gasteiger charge is 2.60. The van der Waals surface area contributed by atoms with Crippen LogP contribution in [0.15, 0.2) is 29.2 Å². The lowest BCUT2D eigenvalue weighted by molar-refractivity contribution is -0.0755. The van der Waals surface area contributed by atoms with E-state index < -0.39 is 21.7 Å². The Labute approximate surface area is 219 Å². The normalized spacial score (nSPS) is 30.4. The van der Waals surface area contributed by atoms with Crippen LogP contribution in [0.1, 0.15) is 58.8 Å². The fraction of sp³-hybridized carbons (Fsp3) is 0.731. The Morgan fingerprint density at radius 3 is 2.33 bits per heavy atom. The summed E-state index contributed by atoms with van der Waals surface area (Å²) in [6, 6.07) is 6.20. The number of rotatable bonds is 8. The summed E-state index contributed by atoms with van der Waals surface area (Å²) in [5, 5.41) is 0.484.